The van der Waals surface area contributed by atoms with Gasteiger partial charge >= 0.3 is 6.36 Å². The van der Waals surface area contributed by atoms with E-state index in [1.807, 2.05) is 0 Å². The maximum atomic E-state index is 12.2. The zero-order chi connectivity index (χ0) is 15.5. The van der Waals surface area contributed by atoms with E-state index in [1.165, 1.54) is 25.3 Å². The van der Waals surface area contributed by atoms with Crippen LogP contribution in [0.2, 0.25) is 0 Å². The standard InChI is InChI=1S/C15H13F3O3/c1-20-13-8-3-2-7-12(13)14(19)10-5-4-6-11(9-10)21-15(16,17)18/h2-9,14,19H,1H3. The maximum absolute atomic E-state index is 12.2. The van der Waals surface area contributed by atoms with Crippen LogP contribution in [0.25, 0.3) is 0 Å². The monoisotopic (exact) mass is 298 g/mol. The Labute approximate surface area is 119 Å². The predicted octanol–water partition coefficient (Wildman–Crippen LogP) is 3.68. The summed E-state index contributed by atoms with van der Waals surface area (Å²) in [4.78, 5) is 0. The third kappa shape index (κ3) is 3.88. The number of methoxy groups -OCH3 is 1. The van der Waals surface area contributed by atoms with Crippen molar-refractivity contribution in [3.8, 4) is 11.5 Å². The summed E-state index contributed by atoms with van der Waals surface area (Å²) in [6.07, 6.45) is -5.88. The van der Waals surface area contributed by atoms with Crippen LogP contribution in [-0.2, 0) is 0 Å². The molecule has 0 aliphatic heterocycles. The van der Waals surface area contributed by atoms with Crippen LogP contribution in [0.5, 0.6) is 11.5 Å². The maximum Gasteiger partial charge on any atom is 0.573 e. The molecule has 2 aromatic rings. The second-order valence-electron chi connectivity index (χ2n) is 4.26. The topological polar surface area (TPSA) is 38.7 Å². The zero-order valence-corrected chi connectivity index (χ0v) is 11.1. The van der Waals surface area contributed by atoms with Crippen molar-refractivity contribution >= 4 is 0 Å². The smallest absolute Gasteiger partial charge is 0.496 e. The number of para-hydroxylation sites is 1. The molecule has 112 valence electrons. The number of ether oxygens (including phenoxy) is 2. The third-order valence-electron chi connectivity index (χ3n) is 2.84. The molecule has 0 radical (unpaired) electrons. The minimum absolute atomic E-state index is 0.279. The first-order valence-corrected chi connectivity index (χ1v) is 6.07. The van der Waals surface area contributed by atoms with Gasteiger partial charge in [0.25, 0.3) is 0 Å². The lowest BCUT2D eigenvalue weighted by molar-refractivity contribution is -0.274. The molecule has 0 aliphatic carbocycles. The van der Waals surface area contributed by atoms with Gasteiger partial charge in [-0.3, -0.25) is 0 Å². The number of aliphatic hydroxyl groups is 1. The van der Waals surface area contributed by atoms with Gasteiger partial charge in [0.2, 0.25) is 0 Å². The Morgan fingerprint density at radius 1 is 1.05 bits per heavy atom. The Balaban J connectivity index is 2.31. The Morgan fingerprint density at radius 3 is 2.43 bits per heavy atom. The van der Waals surface area contributed by atoms with Gasteiger partial charge in [-0.05, 0) is 23.8 Å². The molecule has 0 amide bonds. The van der Waals surface area contributed by atoms with Gasteiger partial charge in [-0.1, -0.05) is 30.3 Å². The van der Waals surface area contributed by atoms with E-state index in [0.717, 1.165) is 6.07 Å². The van der Waals surface area contributed by atoms with E-state index in [0.29, 0.717) is 11.3 Å². The lowest BCUT2D eigenvalue weighted by Gasteiger charge is -2.16. The zero-order valence-electron chi connectivity index (χ0n) is 11.1. The van der Waals surface area contributed by atoms with Crippen molar-refractivity contribution in [2.75, 3.05) is 7.11 Å². The first-order chi connectivity index (χ1) is 9.90. The van der Waals surface area contributed by atoms with E-state index in [-0.39, 0.29) is 11.3 Å². The molecule has 21 heavy (non-hydrogen) atoms. The van der Waals surface area contributed by atoms with E-state index < -0.39 is 12.5 Å². The molecule has 3 nitrogen and oxygen atoms in total. The Morgan fingerprint density at radius 2 is 1.76 bits per heavy atom. The van der Waals surface area contributed by atoms with Gasteiger partial charge in [0.05, 0.1) is 7.11 Å². The van der Waals surface area contributed by atoms with E-state index in [1.54, 1.807) is 24.3 Å². The fraction of sp³-hybridized carbons (Fsp3) is 0.200. The first kappa shape index (κ1) is 15.2. The van der Waals surface area contributed by atoms with Crippen LogP contribution in [0.15, 0.2) is 48.5 Å². The van der Waals surface area contributed by atoms with E-state index in [9.17, 15) is 18.3 Å². The van der Waals surface area contributed by atoms with Gasteiger partial charge in [-0.25, -0.2) is 0 Å². The van der Waals surface area contributed by atoms with Crippen LogP contribution >= 0.6 is 0 Å². The molecule has 0 aliphatic rings. The van der Waals surface area contributed by atoms with Crippen molar-refractivity contribution in [1.82, 2.24) is 0 Å². The second-order valence-corrected chi connectivity index (χ2v) is 4.26. The Hall–Kier alpha value is -2.21. The van der Waals surface area contributed by atoms with Crippen LogP contribution in [0.4, 0.5) is 13.2 Å². The van der Waals surface area contributed by atoms with E-state index >= 15 is 0 Å². The number of alkyl halides is 3. The van der Waals surface area contributed by atoms with Crippen molar-refractivity contribution < 1.29 is 27.8 Å². The van der Waals surface area contributed by atoms with Gasteiger partial charge in [0, 0.05) is 5.56 Å². The largest absolute Gasteiger partial charge is 0.573 e. The lowest BCUT2D eigenvalue weighted by atomic mass is 10.0. The highest BCUT2D eigenvalue weighted by Crippen LogP contribution is 2.32. The van der Waals surface area contributed by atoms with Crippen molar-refractivity contribution in [2.24, 2.45) is 0 Å². The summed E-state index contributed by atoms with van der Waals surface area (Å²) in [5.74, 6) is 0.0705. The van der Waals surface area contributed by atoms with Crippen molar-refractivity contribution in [2.45, 2.75) is 12.5 Å². The average Bonchev–Trinajstić information content (AvgIpc) is 2.45. The molecule has 1 atom stereocenters. The molecule has 1 unspecified atom stereocenters. The van der Waals surface area contributed by atoms with Crippen molar-refractivity contribution in [1.29, 1.82) is 0 Å². The number of aliphatic hydroxyl groups excluding tert-OH is 1. The molecule has 0 saturated carbocycles. The molecule has 2 rings (SSSR count). The number of benzene rings is 2. The summed E-state index contributed by atoms with van der Waals surface area (Å²) in [6.45, 7) is 0. The van der Waals surface area contributed by atoms with E-state index in [2.05, 4.69) is 4.74 Å². The molecular weight excluding hydrogens is 285 g/mol. The van der Waals surface area contributed by atoms with Gasteiger partial charge < -0.3 is 14.6 Å². The molecule has 0 fully saturated rings. The highest BCUT2D eigenvalue weighted by molar-refractivity contribution is 5.42. The van der Waals surface area contributed by atoms with Crippen molar-refractivity contribution in [3.63, 3.8) is 0 Å². The minimum Gasteiger partial charge on any atom is -0.496 e. The molecule has 0 spiro atoms. The normalized spacial score (nSPS) is 12.8. The Kier molecular flexibility index (Phi) is 4.37. The van der Waals surface area contributed by atoms with Crippen molar-refractivity contribution in [3.05, 3.63) is 59.7 Å². The van der Waals surface area contributed by atoms with Gasteiger partial charge in [-0.15, -0.1) is 13.2 Å². The van der Waals surface area contributed by atoms with Crippen LogP contribution in [-0.4, -0.2) is 18.6 Å². The molecular formula is C15H13F3O3. The molecule has 0 heterocycles. The highest BCUT2D eigenvalue weighted by atomic mass is 19.4. The molecule has 0 saturated heterocycles. The van der Waals surface area contributed by atoms with Gasteiger partial charge in [0.1, 0.15) is 17.6 Å². The SMILES string of the molecule is COc1ccccc1C(O)c1cccc(OC(F)(F)F)c1. The molecule has 1 N–H and O–H groups in total. The summed E-state index contributed by atoms with van der Waals surface area (Å²) >= 11 is 0. The minimum atomic E-state index is -4.77. The summed E-state index contributed by atoms with van der Waals surface area (Å²) in [7, 11) is 1.45. The van der Waals surface area contributed by atoms with Gasteiger partial charge in [-0.2, -0.15) is 0 Å². The first-order valence-electron chi connectivity index (χ1n) is 6.07. The summed E-state index contributed by atoms with van der Waals surface area (Å²) in [5.41, 5.74) is 0.741. The molecule has 0 aromatic heterocycles. The van der Waals surface area contributed by atoms with Crippen LogP contribution < -0.4 is 9.47 Å². The summed E-state index contributed by atoms with van der Waals surface area (Å²) < 4.78 is 45.6. The van der Waals surface area contributed by atoms with Gasteiger partial charge in [0.15, 0.2) is 0 Å². The summed E-state index contributed by atoms with van der Waals surface area (Å²) in [6, 6.07) is 12.0. The number of halogens is 3. The van der Waals surface area contributed by atoms with Crippen LogP contribution in [0.1, 0.15) is 17.2 Å². The average molecular weight is 298 g/mol. The van der Waals surface area contributed by atoms with E-state index in [4.69, 9.17) is 4.74 Å². The van der Waals surface area contributed by atoms with Crippen LogP contribution in [0, 0.1) is 0 Å². The quantitative estimate of drug-likeness (QED) is 0.936. The molecule has 6 heteroatoms. The van der Waals surface area contributed by atoms with Crippen LogP contribution in [0.3, 0.4) is 0 Å². The summed E-state index contributed by atoms with van der Waals surface area (Å²) in [5, 5.41) is 10.3. The molecule has 2 aromatic carbocycles. The number of rotatable bonds is 4. The fourth-order valence-corrected chi connectivity index (χ4v) is 1.95. The number of hydrogen-bond donors (Lipinski definition) is 1. The second kappa shape index (κ2) is 6.05. The predicted molar refractivity (Wildman–Crippen MR) is 70.2 cm³/mol. The number of hydrogen-bond acceptors (Lipinski definition) is 3. The molecule has 0 bridgehead atoms. The Bertz CT molecular complexity index is 611. The fourth-order valence-electron chi connectivity index (χ4n) is 1.95. The highest BCUT2D eigenvalue weighted by Gasteiger charge is 2.31. The third-order valence-corrected chi connectivity index (χ3v) is 2.84. The lowest BCUT2D eigenvalue weighted by Crippen LogP contribution is -2.17.